The molecule has 0 aromatic carbocycles. The minimum absolute atomic E-state index is 0.198. The van der Waals surface area contributed by atoms with Crippen molar-refractivity contribution >= 4 is 28.8 Å². The van der Waals surface area contributed by atoms with E-state index in [1.807, 2.05) is 25.3 Å². The van der Waals surface area contributed by atoms with E-state index in [9.17, 15) is 0 Å². The standard InChI is InChI=1S/C8H12ClN3S/c1-5(2)11-8(12-10)7-6(9)3-4-13-7/h3-5H,10H2,1-2H3,(H,11,12). The zero-order valence-electron chi connectivity index (χ0n) is 7.54. The Morgan fingerprint density at radius 2 is 2.38 bits per heavy atom. The van der Waals surface area contributed by atoms with Crippen molar-refractivity contribution in [3.63, 3.8) is 0 Å². The number of halogens is 1. The molecule has 1 aromatic rings. The summed E-state index contributed by atoms with van der Waals surface area (Å²) in [5.41, 5.74) is 2.55. The molecule has 72 valence electrons. The van der Waals surface area contributed by atoms with E-state index < -0.39 is 0 Å². The highest BCUT2D eigenvalue weighted by Crippen LogP contribution is 2.22. The summed E-state index contributed by atoms with van der Waals surface area (Å²) >= 11 is 7.45. The van der Waals surface area contributed by atoms with E-state index in [2.05, 4.69) is 10.4 Å². The molecule has 5 heteroatoms. The Morgan fingerprint density at radius 1 is 1.69 bits per heavy atom. The van der Waals surface area contributed by atoms with E-state index in [-0.39, 0.29) is 6.04 Å². The topological polar surface area (TPSA) is 50.4 Å². The molecule has 0 atom stereocenters. The third-order valence-electron chi connectivity index (χ3n) is 1.36. The van der Waals surface area contributed by atoms with Crippen molar-refractivity contribution in [2.24, 2.45) is 10.8 Å². The molecule has 0 spiro atoms. The predicted molar refractivity (Wildman–Crippen MR) is 58.3 cm³/mol. The molecule has 0 unspecified atom stereocenters. The fourth-order valence-electron chi connectivity index (χ4n) is 0.882. The van der Waals surface area contributed by atoms with Crippen molar-refractivity contribution in [3.05, 3.63) is 21.3 Å². The second-order valence-corrected chi connectivity index (χ2v) is 4.14. The Balaban J connectivity index is 2.97. The summed E-state index contributed by atoms with van der Waals surface area (Å²) in [5, 5.41) is 2.59. The van der Waals surface area contributed by atoms with Crippen LogP contribution in [0.3, 0.4) is 0 Å². The van der Waals surface area contributed by atoms with Crippen molar-refractivity contribution in [1.82, 2.24) is 5.43 Å². The SMILES string of the molecule is CC(C)N=C(NN)c1sccc1Cl. The van der Waals surface area contributed by atoms with Crippen LogP contribution in [0.1, 0.15) is 18.7 Å². The third-order valence-corrected chi connectivity index (χ3v) is 2.70. The highest BCUT2D eigenvalue weighted by molar-refractivity contribution is 7.12. The zero-order valence-corrected chi connectivity index (χ0v) is 9.12. The summed E-state index contributed by atoms with van der Waals surface area (Å²) in [6.07, 6.45) is 0. The number of aliphatic imine (C=N–C) groups is 1. The summed E-state index contributed by atoms with van der Waals surface area (Å²) < 4.78 is 0. The molecule has 0 amide bonds. The summed E-state index contributed by atoms with van der Waals surface area (Å²) in [7, 11) is 0. The van der Waals surface area contributed by atoms with Gasteiger partial charge in [-0.15, -0.1) is 11.3 Å². The summed E-state index contributed by atoms with van der Waals surface area (Å²) in [5.74, 6) is 6.00. The molecular weight excluding hydrogens is 206 g/mol. The number of nitrogens with one attached hydrogen (secondary N) is 1. The molecule has 0 radical (unpaired) electrons. The third kappa shape index (κ3) is 2.69. The minimum Gasteiger partial charge on any atom is -0.308 e. The predicted octanol–water partition coefficient (Wildman–Crippen LogP) is 2.02. The molecular formula is C8H12ClN3S. The molecule has 1 heterocycles. The Labute approximate surface area is 86.6 Å². The Morgan fingerprint density at radius 3 is 2.77 bits per heavy atom. The van der Waals surface area contributed by atoms with Crippen LogP contribution in [0.4, 0.5) is 0 Å². The number of nitrogens with two attached hydrogens (primary N) is 1. The average molecular weight is 218 g/mol. The molecule has 0 aliphatic carbocycles. The maximum Gasteiger partial charge on any atom is 0.154 e. The maximum absolute atomic E-state index is 5.93. The van der Waals surface area contributed by atoms with Gasteiger partial charge in [-0.2, -0.15) is 0 Å². The average Bonchev–Trinajstić information content (AvgIpc) is 2.47. The van der Waals surface area contributed by atoms with Crippen LogP contribution in [0.15, 0.2) is 16.4 Å². The Kier molecular flexibility index (Phi) is 3.71. The van der Waals surface area contributed by atoms with Gasteiger partial charge in [0.25, 0.3) is 0 Å². The molecule has 1 rings (SSSR count). The van der Waals surface area contributed by atoms with Gasteiger partial charge in [-0.1, -0.05) is 11.6 Å². The van der Waals surface area contributed by atoms with Crippen LogP contribution in [0, 0.1) is 0 Å². The van der Waals surface area contributed by atoms with Gasteiger partial charge in [0.05, 0.1) is 9.90 Å². The van der Waals surface area contributed by atoms with Gasteiger partial charge < -0.3 is 5.43 Å². The molecule has 3 N–H and O–H groups in total. The van der Waals surface area contributed by atoms with E-state index in [4.69, 9.17) is 17.4 Å². The first kappa shape index (κ1) is 10.5. The lowest BCUT2D eigenvalue weighted by molar-refractivity contribution is 0.821. The monoisotopic (exact) mass is 217 g/mol. The van der Waals surface area contributed by atoms with E-state index in [0.29, 0.717) is 10.9 Å². The van der Waals surface area contributed by atoms with E-state index in [0.717, 1.165) is 4.88 Å². The summed E-state index contributed by atoms with van der Waals surface area (Å²) in [4.78, 5) is 5.19. The van der Waals surface area contributed by atoms with Crippen LogP contribution >= 0.6 is 22.9 Å². The Hall–Kier alpha value is -0.580. The quantitative estimate of drug-likeness (QED) is 0.345. The number of thiophene rings is 1. The number of hydrogen-bond acceptors (Lipinski definition) is 3. The highest BCUT2D eigenvalue weighted by Gasteiger charge is 2.08. The minimum atomic E-state index is 0.198. The number of hydrazine groups is 1. The first-order valence-corrected chi connectivity index (χ1v) is 5.18. The van der Waals surface area contributed by atoms with Crippen LogP contribution in [0.5, 0.6) is 0 Å². The number of hydrogen-bond donors (Lipinski definition) is 2. The van der Waals surface area contributed by atoms with Gasteiger partial charge >= 0.3 is 0 Å². The smallest absolute Gasteiger partial charge is 0.154 e. The molecule has 0 fully saturated rings. The number of nitrogens with zero attached hydrogens (tertiary/aromatic N) is 1. The van der Waals surface area contributed by atoms with Gasteiger partial charge in [0.1, 0.15) is 0 Å². The van der Waals surface area contributed by atoms with Crippen molar-refractivity contribution in [2.45, 2.75) is 19.9 Å². The van der Waals surface area contributed by atoms with Gasteiger partial charge in [-0.3, -0.25) is 4.99 Å². The molecule has 0 aliphatic heterocycles. The molecule has 0 aliphatic rings. The summed E-state index contributed by atoms with van der Waals surface area (Å²) in [6, 6.07) is 2.03. The van der Waals surface area contributed by atoms with Gasteiger partial charge in [0.2, 0.25) is 0 Å². The van der Waals surface area contributed by atoms with Crippen LogP contribution in [0.2, 0.25) is 5.02 Å². The second kappa shape index (κ2) is 4.60. The first-order chi connectivity index (χ1) is 6.15. The van der Waals surface area contributed by atoms with Gasteiger partial charge in [0.15, 0.2) is 5.84 Å². The van der Waals surface area contributed by atoms with Crippen molar-refractivity contribution in [1.29, 1.82) is 0 Å². The molecule has 0 bridgehead atoms. The van der Waals surface area contributed by atoms with Gasteiger partial charge in [0, 0.05) is 6.04 Å². The largest absolute Gasteiger partial charge is 0.308 e. The van der Waals surface area contributed by atoms with E-state index in [1.165, 1.54) is 11.3 Å². The normalized spacial score (nSPS) is 12.2. The van der Waals surface area contributed by atoms with Crippen molar-refractivity contribution in [2.75, 3.05) is 0 Å². The van der Waals surface area contributed by atoms with Crippen LogP contribution < -0.4 is 11.3 Å². The van der Waals surface area contributed by atoms with E-state index >= 15 is 0 Å². The molecule has 0 saturated heterocycles. The number of amidine groups is 1. The lowest BCUT2D eigenvalue weighted by Gasteiger charge is -2.05. The fourth-order valence-corrected chi connectivity index (χ4v) is 1.99. The van der Waals surface area contributed by atoms with Gasteiger partial charge in [-0.05, 0) is 25.3 Å². The molecule has 0 saturated carbocycles. The second-order valence-electron chi connectivity index (χ2n) is 2.81. The van der Waals surface area contributed by atoms with Crippen molar-refractivity contribution < 1.29 is 0 Å². The number of rotatable bonds is 2. The fraction of sp³-hybridized carbons (Fsp3) is 0.375. The van der Waals surface area contributed by atoms with Crippen LogP contribution in [-0.2, 0) is 0 Å². The lowest BCUT2D eigenvalue weighted by atomic mass is 10.4. The molecule has 3 nitrogen and oxygen atoms in total. The van der Waals surface area contributed by atoms with Crippen molar-refractivity contribution in [3.8, 4) is 0 Å². The lowest BCUT2D eigenvalue weighted by Crippen LogP contribution is -2.31. The highest BCUT2D eigenvalue weighted by atomic mass is 35.5. The molecule has 13 heavy (non-hydrogen) atoms. The maximum atomic E-state index is 5.93. The van der Waals surface area contributed by atoms with E-state index in [1.54, 1.807) is 0 Å². The Bertz CT molecular complexity index is 306. The van der Waals surface area contributed by atoms with Gasteiger partial charge in [-0.25, -0.2) is 5.84 Å². The first-order valence-electron chi connectivity index (χ1n) is 3.93. The van der Waals surface area contributed by atoms with Crippen LogP contribution in [-0.4, -0.2) is 11.9 Å². The van der Waals surface area contributed by atoms with Crippen LogP contribution in [0.25, 0.3) is 0 Å². The molecule has 1 aromatic heterocycles. The zero-order chi connectivity index (χ0) is 9.84. The summed E-state index contributed by atoms with van der Waals surface area (Å²) in [6.45, 7) is 3.97.